The monoisotopic (exact) mass is 326 g/mol. The predicted octanol–water partition coefficient (Wildman–Crippen LogP) is 1.96. The van der Waals surface area contributed by atoms with Crippen LogP contribution < -0.4 is 0 Å². The van der Waals surface area contributed by atoms with Gasteiger partial charge in [-0.1, -0.05) is 0 Å². The Morgan fingerprint density at radius 1 is 1.29 bits per heavy atom. The summed E-state index contributed by atoms with van der Waals surface area (Å²) in [6, 6.07) is 1.93. The molecule has 1 unspecified atom stereocenters. The van der Waals surface area contributed by atoms with Crippen molar-refractivity contribution in [3.8, 4) is 0 Å². The molecule has 0 radical (unpaired) electrons. The number of ether oxygens (including phenoxy) is 1. The lowest BCUT2D eigenvalue weighted by molar-refractivity contribution is -0.00416. The summed E-state index contributed by atoms with van der Waals surface area (Å²) in [4.78, 5) is 27.5. The summed E-state index contributed by atoms with van der Waals surface area (Å²) in [5, 5.41) is 0. The number of aromatic nitrogens is 3. The molecule has 1 amide bonds. The van der Waals surface area contributed by atoms with E-state index in [1.807, 2.05) is 24.8 Å². The minimum Gasteiger partial charge on any atom is -0.377 e. The lowest BCUT2D eigenvalue weighted by Crippen LogP contribution is -2.49. The number of hydrogen-bond donors (Lipinski definition) is 0. The molecule has 24 heavy (non-hydrogen) atoms. The van der Waals surface area contributed by atoms with Crippen LogP contribution in [0.5, 0.6) is 0 Å². The number of hydrogen-bond acceptors (Lipinski definition) is 5. The van der Waals surface area contributed by atoms with Crippen LogP contribution in [0.15, 0.2) is 30.9 Å². The van der Waals surface area contributed by atoms with Gasteiger partial charge in [-0.05, 0) is 38.3 Å². The number of pyridine rings is 1. The summed E-state index contributed by atoms with van der Waals surface area (Å²) < 4.78 is 5.60. The van der Waals surface area contributed by atoms with Gasteiger partial charge in [-0.2, -0.15) is 0 Å². The largest absolute Gasteiger partial charge is 0.377 e. The molecule has 0 N–H and O–H groups in total. The second-order valence-corrected chi connectivity index (χ2v) is 6.11. The van der Waals surface area contributed by atoms with Crippen LogP contribution in [0, 0.1) is 13.8 Å². The van der Waals surface area contributed by atoms with Crippen molar-refractivity contribution in [2.45, 2.75) is 32.7 Å². The molecule has 0 aromatic carbocycles. The summed E-state index contributed by atoms with van der Waals surface area (Å²) in [7, 11) is 0. The van der Waals surface area contributed by atoms with Gasteiger partial charge in [0, 0.05) is 31.3 Å². The van der Waals surface area contributed by atoms with Crippen LogP contribution in [-0.4, -0.2) is 51.6 Å². The summed E-state index contributed by atoms with van der Waals surface area (Å²) in [6.07, 6.45) is 8.39. The first kappa shape index (κ1) is 16.5. The molecule has 3 heterocycles. The molecular weight excluding hydrogens is 304 g/mol. The highest BCUT2D eigenvalue weighted by Crippen LogP contribution is 2.17. The Morgan fingerprint density at radius 3 is 2.92 bits per heavy atom. The second kappa shape index (κ2) is 7.49. The van der Waals surface area contributed by atoms with Gasteiger partial charge in [0.25, 0.3) is 5.91 Å². The summed E-state index contributed by atoms with van der Waals surface area (Å²) in [6.45, 7) is 5.64. The van der Waals surface area contributed by atoms with Gasteiger partial charge in [-0.3, -0.25) is 19.7 Å². The van der Waals surface area contributed by atoms with E-state index in [-0.39, 0.29) is 11.9 Å². The quantitative estimate of drug-likeness (QED) is 0.859. The van der Waals surface area contributed by atoms with Crippen LogP contribution in [-0.2, 0) is 11.2 Å². The van der Waals surface area contributed by atoms with Crippen LogP contribution >= 0.6 is 0 Å². The molecule has 1 aliphatic heterocycles. The average Bonchev–Trinajstić information content (AvgIpc) is 2.61. The molecule has 1 fully saturated rings. The predicted molar refractivity (Wildman–Crippen MR) is 89.7 cm³/mol. The highest BCUT2D eigenvalue weighted by atomic mass is 16.5. The molecule has 1 atom stereocenters. The number of nitrogens with zero attached hydrogens (tertiary/aromatic N) is 4. The highest BCUT2D eigenvalue weighted by molar-refractivity contribution is 5.94. The summed E-state index contributed by atoms with van der Waals surface area (Å²) in [5.41, 5.74) is 3.54. The van der Waals surface area contributed by atoms with Crippen molar-refractivity contribution in [2.75, 3.05) is 19.8 Å². The molecule has 0 spiro atoms. The third-order valence-corrected chi connectivity index (χ3v) is 4.31. The Morgan fingerprint density at radius 2 is 2.12 bits per heavy atom. The Balaban J connectivity index is 1.71. The third-order valence-electron chi connectivity index (χ3n) is 4.31. The summed E-state index contributed by atoms with van der Waals surface area (Å²) in [5.74, 6) is 0.0235. The molecule has 126 valence electrons. The van der Waals surface area contributed by atoms with E-state index in [2.05, 4.69) is 15.0 Å². The SMILES string of the molecule is Cc1cncc(C(=O)N2CCOCC2CCc2nccnc2C)c1. The number of morpholine rings is 1. The van der Waals surface area contributed by atoms with Crippen molar-refractivity contribution in [1.82, 2.24) is 19.9 Å². The first-order valence-electron chi connectivity index (χ1n) is 8.22. The zero-order chi connectivity index (χ0) is 16.9. The fraction of sp³-hybridized carbons (Fsp3) is 0.444. The maximum Gasteiger partial charge on any atom is 0.255 e. The highest BCUT2D eigenvalue weighted by Gasteiger charge is 2.28. The normalized spacial score (nSPS) is 17.8. The smallest absolute Gasteiger partial charge is 0.255 e. The van der Waals surface area contributed by atoms with E-state index in [1.165, 1.54) is 0 Å². The molecule has 6 heteroatoms. The standard InChI is InChI=1S/C18H22N4O2/c1-13-9-15(11-19-10-13)18(23)22-7-8-24-12-16(22)3-4-17-14(2)20-5-6-21-17/h5-6,9-11,16H,3-4,7-8,12H2,1-2H3. The van der Waals surface area contributed by atoms with E-state index in [0.717, 1.165) is 29.8 Å². The van der Waals surface area contributed by atoms with Crippen LogP contribution in [0.4, 0.5) is 0 Å². The number of carbonyl (C=O) groups is 1. The minimum absolute atomic E-state index is 0.0235. The topological polar surface area (TPSA) is 68.2 Å². The molecule has 1 saturated heterocycles. The fourth-order valence-electron chi connectivity index (χ4n) is 2.98. The van der Waals surface area contributed by atoms with Crippen molar-refractivity contribution in [3.05, 3.63) is 53.4 Å². The Labute approximate surface area is 141 Å². The molecule has 1 aliphatic rings. The van der Waals surface area contributed by atoms with Crippen molar-refractivity contribution in [2.24, 2.45) is 0 Å². The van der Waals surface area contributed by atoms with E-state index in [9.17, 15) is 4.79 Å². The van der Waals surface area contributed by atoms with Gasteiger partial charge in [0.2, 0.25) is 0 Å². The van der Waals surface area contributed by atoms with Gasteiger partial charge in [0.05, 0.1) is 36.2 Å². The number of amides is 1. The molecule has 2 aromatic rings. The lowest BCUT2D eigenvalue weighted by Gasteiger charge is -2.35. The Hall–Kier alpha value is -2.34. The van der Waals surface area contributed by atoms with Gasteiger partial charge < -0.3 is 9.64 Å². The van der Waals surface area contributed by atoms with Gasteiger partial charge in [-0.15, -0.1) is 0 Å². The molecule has 6 nitrogen and oxygen atoms in total. The first-order chi connectivity index (χ1) is 11.6. The molecule has 2 aromatic heterocycles. The van der Waals surface area contributed by atoms with Crippen molar-refractivity contribution < 1.29 is 9.53 Å². The molecule has 0 bridgehead atoms. The maximum atomic E-state index is 12.8. The number of carbonyl (C=O) groups excluding carboxylic acids is 1. The van der Waals surface area contributed by atoms with Crippen LogP contribution in [0.25, 0.3) is 0 Å². The number of aryl methyl sites for hydroxylation is 3. The number of rotatable bonds is 4. The zero-order valence-electron chi connectivity index (χ0n) is 14.1. The molecule has 0 saturated carbocycles. The molecule has 0 aliphatic carbocycles. The van der Waals surface area contributed by atoms with Crippen LogP contribution in [0.2, 0.25) is 0 Å². The minimum atomic E-state index is 0.0235. The van der Waals surface area contributed by atoms with Crippen molar-refractivity contribution in [1.29, 1.82) is 0 Å². The second-order valence-electron chi connectivity index (χ2n) is 6.11. The zero-order valence-corrected chi connectivity index (χ0v) is 14.1. The van der Waals surface area contributed by atoms with Crippen LogP contribution in [0.1, 0.15) is 33.7 Å². The van der Waals surface area contributed by atoms with Gasteiger partial charge >= 0.3 is 0 Å². The van der Waals surface area contributed by atoms with Gasteiger partial charge in [-0.25, -0.2) is 0 Å². The van der Waals surface area contributed by atoms with Crippen molar-refractivity contribution >= 4 is 5.91 Å². The van der Waals surface area contributed by atoms with Gasteiger partial charge in [0.1, 0.15) is 0 Å². The molecular formula is C18H22N4O2. The van der Waals surface area contributed by atoms with E-state index < -0.39 is 0 Å². The van der Waals surface area contributed by atoms with Crippen LogP contribution in [0.3, 0.4) is 0 Å². The average molecular weight is 326 g/mol. The van der Waals surface area contributed by atoms with Gasteiger partial charge in [0.15, 0.2) is 0 Å². The van der Waals surface area contributed by atoms with E-state index >= 15 is 0 Å². The molecule has 3 rings (SSSR count). The Bertz CT molecular complexity index is 720. The van der Waals surface area contributed by atoms with Crippen molar-refractivity contribution in [3.63, 3.8) is 0 Å². The van der Waals surface area contributed by atoms with E-state index in [1.54, 1.807) is 24.8 Å². The Kier molecular flexibility index (Phi) is 5.15. The first-order valence-corrected chi connectivity index (χ1v) is 8.22. The van der Waals surface area contributed by atoms with E-state index in [4.69, 9.17) is 4.74 Å². The van der Waals surface area contributed by atoms with E-state index in [0.29, 0.717) is 25.3 Å². The fourth-order valence-corrected chi connectivity index (χ4v) is 2.98. The lowest BCUT2D eigenvalue weighted by atomic mass is 10.0. The maximum absolute atomic E-state index is 12.8. The third kappa shape index (κ3) is 3.76. The summed E-state index contributed by atoms with van der Waals surface area (Å²) >= 11 is 0.